The lowest BCUT2D eigenvalue weighted by atomic mass is 10.1. The van der Waals surface area contributed by atoms with Crippen LogP contribution in [0.4, 0.5) is 28.9 Å². The Morgan fingerprint density at radius 2 is 1.77 bits per heavy atom. The second kappa shape index (κ2) is 6.36. The zero-order chi connectivity index (χ0) is 19.1. The molecule has 2 N–H and O–H groups in total. The van der Waals surface area contributed by atoms with Crippen molar-refractivity contribution >= 4 is 22.3 Å². The van der Waals surface area contributed by atoms with Crippen molar-refractivity contribution in [3.63, 3.8) is 0 Å². The SMILES string of the molecule is CN(Cc1ccc(F)cc1)c1ccc2c(C(F)(F)F)cc(=O)oc2c1N. The van der Waals surface area contributed by atoms with Crippen molar-refractivity contribution in [2.24, 2.45) is 0 Å². The van der Waals surface area contributed by atoms with Crippen molar-refractivity contribution < 1.29 is 22.0 Å². The van der Waals surface area contributed by atoms with E-state index in [1.54, 1.807) is 24.1 Å². The fourth-order valence-corrected chi connectivity index (χ4v) is 2.75. The van der Waals surface area contributed by atoms with Crippen LogP contribution >= 0.6 is 0 Å². The van der Waals surface area contributed by atoms with Gasteiger partial charge in [0.25, 0.3) is 0 Å². The molecule has 0 amide bonds. The topological polar surface area (TPSA) is 59.5 Å². The molecule has 136 valence electrons. The highest BCUT2D eigenvalue weighted by Crippen LogP contribution is 2.38. The van der Waals surface area contributed by atoms with E-state index in [-0.39, 0.29) is 22.5 Å². The van der Waals surface area contributed by atoms with Crippen LogP contribution in [0.25, 0.3) is 11.0 Å². The van der Waals surface area contributed by atoms with Crippen molar-refractivity contribution in [1.29, 1.82) is 0 Å². The van der Waals surface area contributed by atoms with Gasteiger partial charge in [0, 0.05) is 25.0 Å². The number of fused-ring (bicyclic) bond motifs is 1. The average molecular weight is 366 g/mol. The molecule has 0 aliphatic carbocycles. The Kier molecular flexibility index (Phi) is 4.35. The van der Waals surface area contributed by atoms with Gasteiger partial charge in [-0.25, -0.2) is 9.18 Å². The van der Waals surface area contributed by atoms with Crippen LogP contribution in [0.1, 0.15) is 11.1 Å². The van der Waals surface area contributed by atoms with Crippen molar-refractivity contribution in [1.82, 2.24) is 0 Å². The molecule has 0 saturated carbocycles. The summed E-state index contributed by atoms with van der Waals surface area (Å²) in [5.41, 5.74) is 4.54. The zero-order valence-corrected chi connectivity index (χ0v) is 13.6. The van der Waals surface area contributed by atoms with E-state index in [0.717, 1.165) is 5.56 Å². The Balaban J connectivity index is 2.06. The Bertz CT molecular complexity index is 1010. The number of anilines is 2. The summed E-state index contributed by atoms with van der Waals surface area (Å²) in [6.45, 7) is 0.333. The summed E-state index contributed by atoms with van der Waals surface area (Å²) < 4.78 is 57.4. The minimum atomic E-state index is -4.71. The number of hydrogen-bond acceptors (Lipinski definition) is 4. The van der Waals surface area contributed by atoms with Crippen LogP contribution in [0.15, 0.2) is 51.7 Å². The van der Waals surface area contributed by atoms with Crippen LogP contribution in [0.3, 0.4) is 0 Å². The summed E-state index contributed by atoms with van der Waals surface area (Å²) >= 11 is 0. The van der Waals surface area contributed by atoms with E-state index in [9.17, 15) is 22.4 Å². The lowest BCUT2D eigenvalue weighted by Crippen LogP contribution is -2.18. The van der Waals surface area contributed by atoms with Crippen LogP contribution in [0, 0.1) is 5.82 Å². The minimum Gasteiger partial charge on any atom is -0.420 e. The van der Waals surface area contributed by atoms with Crippen molar-refractivity contribution in [2.45, 2.75) is 12.7 Å². The number of nitrogens with two attached hydrogens (primary N) is 1. The normalized spacial score (nSPS) is 11.7. The first-order valence-corrected chi connectivity index (χ1v) is 7.56. The van der Waals surface area contributed by atoms with E-state index >= 15 is 0 Å². The Hall–Kier alpha value is -3.03. The Morgan fingerprint density at radius 3 is 2.38 bits per heavy atom. The van der Waals surface area contributed by atoms with E-state index < -0.39 is 17.4 Å². The molecule has 0 fully saturated rings. The summed E-state index contributed by atoms with van der Waals surface area (Å²) in [5, 5.41) is -0.284. The molecule has 0 aliphatic heterocycles. The maximum absolute atomic E-state index is 13.1. The molecule has 0 aliphatic rings. The molecular formula is C18H14F4N2O2. The number of alkyl halides is 3. The molecule has 1 aromatic heterocycles. The number of rotatable bonds is 3. The van der Waals surface area contributed by atoms with Gasteiger partial charge >= 0.3 is 11.8 Å². The third-order valence-electron chi connectivity index (χ3n) is 3.98. The van der Waals surface area contributed by atoms with Gasteiger partial charge in [0.1, 0.15) is 5.82 Å². The van der Waals surface area contributed by atoms with Crippen molar-refractivity contribution in [3.8, 4) is 0 Å². The summed E-state index contributed by atoms with van der Waals surface area (Å²) in [7, 11) is 1.67. The molecule has 0 radical (unpaired) electrons. The maximum Gasteiger partial charge on any atom is 0.417 e. The number of halogens is 4. The summed E-state index contributed by atoms with van der Waals surface area (Å²) in [6, 6.07) is 8.84. The van der Waals surface area contributed by atoms with E-state index in [0.29, 0.717) is 18.3 Å². The van der Waals surface area contributed by atoms with Gasteiger partial charge in [-0.1, -0.05) is 12.1 Å². The number of nitrogens with zero attached hydrogens (tertiary/aromatic N) is 1. The van der Waals surface area contributed by atoms with E-state index in [1.165, 1.54) is 24.3 Å². The molecule has 8 heteroatoms. The third-order valence-corrected chi connectivity index (χ3v) is 3.98. The molecule has 4 nitrogen and oxygen atoms in total. The van der Waals surface area contributed by atoms with Crippen LogP contribution in [-0.2, 0) is 12.7 Å². The van der Waals surface area contributed by atoms with Crippen molar-refractivity contribution in [2.75, 3.05) is 17.7 Å². The molecule has 3 aromatic rings. The van der Waals surface area contributed by atoms with Gasteiger partial charge < -0.3 is 15.1 Å². The average Bonchev–Trinajstić information content (AvgIpc) is 2.56. The number of hydrogen-bond donors (Lipinski definition) is 1. The summed E-state index contributed by atoms with van der Waals surface area (Å²) in [4.78, 5) is 13.2. The molecule has 0 saturated heterocycles. The van der Waals surface area contributed by atoms with Gasteiger partial charge in [0.05, 0.1) is 16.9 Å². The predicted molar refractivity (Wildman–Crippen MR) is 90.4 cm³/mol. The minimum absolute atomic E-state index is 0.0738. The molecule has 26 heavy (non-hydrogen) atoms. The highest BCUT2D eigenvalue weighted by Gasteiger charge is 2.34. The second-order valence-corrected chi connectivity index (χ2v) is 5.83. The standard InChI is InChI=1S/C18H14F4N2O2/c1-24(9-10-2-4-11(19)5-3-10)14-7-6-12-13(18(20,21)22)8-15(25)26-17(12)16(14)23/h2-8H,9,23H2,1H3. The fraction of sp³-hybridized carbons (Fsp3) is 0.167. The third kappa shape index (κ3) is 3.35. The number of nitrogen functional groups attached to an aromatic ring is 1. The maximum atomic E-state index is 13.1. The van der Waals surface area contributed by atoms with E-state index in [4.69, 9.17) is 10.2 Å². The Labute approximate surface area is 145 Å². The van der Waals surface area contributed by atoms with Gasteiger partial charge in [0.15, 0.2) is 5.58 Å². The second-order valence-electron chi connectivity index (χ2n) is 5.83. The summed E-state index contributed by atoms with van der Waals surface area (Å²) in [5.74, 6) is -0.372. The number of benzene rings is 2. The van der Waals surface area contributed by atoms with Gasteiger partial charge in [-0.15, -0.1) is 0 Å². The van der Waals surface area contributed by atoms with Gasteiger partial charge in [-0.3, -0.25) is 0 Å². The van der Waals surface area contributed by atoms with Gasteiger partial charge in [-0.05, 0) is 29.8 Å². The molecule has 0 atom stereocenters. The van der Waals surface area contributed by atoms with E-state index in [1.807, 2.05) is 0 Å². The summed E-state index contributed by atoms with van der Waals surface area (Å²) in [6.07, 6.45) is -4.71. The molecule has 0 unspecified atom stereocenters. The lowest BCUT2D eigenvalue weighted by molar-refractivity contribution is -0.136. The van der Waals surface area contributed by atoms with Crippen molar-refractivity contribution in [3.05, 3.63) is 69.8 Å². The van der Waals surface area contributed by atoms with E-state index in [2.05, 4.69) is 0 Å². The fourth-order valence-electron chi connectivity index (χ4n) is 2.75. The van der Waals surface area contributed by atoms with Crippen LogP contribution in [0.2, 0.25) is 0 Å². The smallest absolute Gasteiger partial charge is 0.417 e. The van der Waals surface area contributed by atoms with Gasteiger partial charge in [0.2, 0.25) is 0 Å². The highest BCUT2D eigenvalue weighted by atomic mass is 19.4. The molecule has 1 heterocycles. The quantitative estimate of drug-likeness (QED) is 0.429. The molecule has 0 bridgehead atoms. The molecular weight excluding hydrogens is 352 g/mol. The Morgan fingerprint density at radius 1 is 1.12 bits per heavy atom. The highest BCUT2D eigenvalue weighted by molar-refractivity contribution is 5.96. The van der Waals surface area contributed by atoms with Crippen LogP contribution in [-0.4, -0.2) is 7.05 Å². The van der Waals surface area contributed by atoms with Gasteiger partial charge in [-0.2, -0.15) is 13.2 Å². The predicted octanol–water partition coefficient (Wildman–Crippen LogP) is 4.17. The monoisotopic (exact) mass is 366 g/mol. The largest absolute Gasteiger partial charge is 0.420 e. The lowest BCUT2D eigenvalue weighted by Gasteiger charge is -2.22. The first-order chi connectivity index (χ1) is 12.2. The zero-order valence-electron chi connectivity index (χ0n) is 13.6. The molecule has 3 rings (SSSR count). The van der Waals surface area contributed by atoms with Crippen LogP contribution < -0.4 is 16.3 Å². The first kappa shape index (κ1) is 17.8. The molecule has 0 spiro atoms. The molecule has 2 aromatic carbocycles. The first-order valence-electron chi connectivity index (χ1n) is 7.56. The van der Waals surface area contributed by atoms with Crippen LogP contribution in [0.5, 0.6) is 0 Å².